The number of esters is 2. The maximum atomic E-state index is 13.9. The van der Waals surface area contributed by atoms with Gasteiger partial charge in [0.05, 0.1) is 11.3 Å². The molecule has 2 unspecified atom stereocenters. The first-order chi connectivity index (χ1) is 15.7. The van der Waals surface area contributed by atoms with Crippen molar-refractivity contribution in [2.75, 3.05) is 13.2 Å². The second kappa shape index (κ2) is 15.3. The van der Waals surface area contributed by atoms with Crippen molar-refractivity contribution in [1.29, 1.82) is 0 Å². The highest BCUT2D eigenvalue weighted by atomic mass is 16.5. The normalized spacial score (nSPS) is 26.9. The van der Waals surface area contributed by atoms with E-state index in [4.69, 9.17) is 9.47 Å². The van der Waals surface area contributed by atoms with Gasteiger partial charge in [0.1, 0.15) is 13.2 Å². The van der Waals surface area contributed by atoms with Gasteiger partial charge in [-0.3, -0.25) is 9.59 Å². The molecule has 32 heavy (non-hydrogen) atoms. The lowest BCUT2D eigenvalue weighted by atomic mass is 9.59. The van der Waals surface area contributed by atoms with Crippen molar-refractivity contribution in [2.24, 2.45) is 17.3 Å². The third-order valence-electron chi connectivity index (χ3n) is 7.63. The van der Waals surface area contributed by atoms with Gasteiger partial charge in [-0.25, -0.2) is 0 Å². The van der Waals surface area contributed by atoms with Crippen LogP contribution in [0.15, 0.2) is 25.3 Å². The fourth-order valence-corrected chi connectivity index (χ4v) is 5.97. The SMILES string of the molecule is C=CCOC(=O)C1CCCCCCCCC1(C(=O)OCC=C)C1CCCCCCCCC1. The molecule has 182 valence electrons. The Balaban J connectivity index is 2.47. The monoisotopic (exact) mass is 446 g/mol. The van der Waals surface area contributed by atoms with Crippen LogP contribution < -0.4 is 0 Å². The van der Waals surface area contributed by atoms with Crippen LogP contribution in [0.25, 0.3) is 0 Å². The van der Waals surface area contributed by atoms with Gasteiger partial charge >= 0.3 is 11.9 Å². The summed E-state index contributed by atoms with van der Waals surface area (Å²) in [4.78, 5) is 27.3. The number of carbonyl (C=O) groups is 2. The van der Waals surface area contributed by atoms with Gasteiger partial charge in [-0.15, -0.1) is 0 Å². The van der Waals surface area contributed by atoms with Gasteiger partial charge in [0.25, 0.3) is 0 Å². The third kappa shape index (κ3) is 7.78. The molecule has 0 aliphatic heterocycles. The Morgan fingerprint density at radius 3 is 1.72 bits per heavy atom. The highest BCUT2D eigenvalue weighted by Gasteiger charge is 2.54. The quantitative estimate of drug-likeness (QED) is 0.303. The average molecular weight is 447 g/mol. The molecule has 0 heterocycles. The van der Waals surface area contributed by atoms with Crippen molar-refractivity contribution in [3.05, 3.63) is 25.3 Å². The second-order valence-electron chi connectivity index (χ2n) is 9.81. The maximum absolute atomic E-state index is 13.9. The Morgan fingerprint density at radius 2 is 1.16 bits per heavy atom. The van der Waals surface area contributed by atoms with Gasteiger partial charge < -0.3 is 9.47 Å². The van der Waals surface area contributed by atoms with Gasteiger partial charge in [0.15, 0.2) is 0 Å². The molecule has 2 atom stereocenters. The molecule has 2 saturated carbocycles. The molecule has 0 aromatic carbocycles. The fourth-order valence-electron chi connectivity index (χ4n) is 5.97. The summed E-state index contributed by atoms with van der Waals surface area (Å²) in [7, 11) is 0. The summed E-state index contributed by atoms with van der Waals surface area (Å²) in [6.07, 6.45) is 21.7. The lowest BCUT2D eigenvalue weighted by molar-refractivity contribution is -0.176. The summed E-state index contributed by atoms with van der Waals surface area (Å²) in [5, 5.41) is 0. The summed E-state index contributed by atoms with van der Waals surface area (Å²) in [5.74, 6) is -0.705. The average Bonchev–Trinajstić information content (AvgIpc) is 2.82. The van der Waals surface area contributed by atoms with Crippen LogP contribution in [-0.2, 0) is 19.1 Å². The summed E-state index contributed by atoms with van der Waals surface area (Å²) in [5.41, 5.74) is -0.794. The fraction of sp³-hybridized carbons (Fsp3) is 0.786. The summed E-state index contributed by atoms with van der Waals surface area (Å²) >= 11 is 0. The van der Waals surface area contributed by atoms with E-state index in [1.807, 2.05) is 0 Å². The van der Waals surface area contributed by atoms with Crippen molar-refractivity contribution in [3.63, 3.8) is 0 Å². The molecule has 0 amide bonds. The molecule has 4 heteroatoms. The molecular weight excluding hydrogens is 400 g/mol. The zero-order chi connectivity index (χ0) is 23.1. The van der Waals surface area contributed by atoms with Gasteiger partial charge in [0, 0.05) is 0 Å². The van der Waals surface area contributed by atoms with E-state index >= 15 is 0 Å². The van der Waals surface area contributed by atoms with Crippen LogP contribution >= 0.6 is 0 Å². The van der Waals surface area contributed by atoms with E-state index in [9.17, 15) is 9.59 Å². The highest BCUT2D eigenvalue weighted by molar-refractivity contribution is 5.86. The summed E-state index contributed by atoms with van der Waals surface area (Å²) in [6.45, 7) is 7.83. The topological polar surface area (TPSA) is 52.6 Å². The minimum Gasteiger partial charge on any atom is -0.461 e. The van der Waals surface area contributed by atoms with Crippen LogP contribution in [0.4, 0.5) is 0 Å². The van der Waals surface area contributed by atoms with E-state index in [0.29, 0.717) is 6.42 Å². The molecule has 0 radical (unpaired) electrons. The maximum Gasteiger partial charge on any atom is 0.313 e. The number of rotatable bonds is 7. The molecule has 0 aromatic heterocycles. The summed E-state index contributed by atoms with van der Waals surface area (Å²) < 4.78 is 11.4. The second-order valence-corrected chi connectivity index (χ2v) is 9.81. The standard InChI is InChI=1S/C28H46O4/c1-3-22-31-26(29)25-20-16-12-8-9-13-17-21-28(25,27(30)32-23-4-2)24-18-14-10-6-5-7-11-15-19-24/h3-4,24-25H,1-2,5-23H2. The van der Waals surface area contributed by atoms with E-state index in [1.165, 1.54) is 44.9 Å². The van der Waals surface area contributed by atoms with E-state index in [0.717, 1.165) is 57.8 Å². The van der Waals surface area contributed by atoms with Crippen LogP contribution in [0.5, 0.6) is 0 Å². The Kier molecular flexibility index (Phi) is 12.7. The predicted octanol–water partition coefficient (Wildman–Crippen LogP) is 7.32. The lowest BCUT2D eigenvalue weighted by Crippen LogP contribution is -2.50. The Hall–Kier alpha value is -1.58. The van der Waals surface area contributed by atoms with Gasteiger partial charge in [-0.1, -0.05) is 109 Å². The molecule has 2 rings (SSSR count). The molecule has 2 aliphatic carbocycles. The van der Waals surface area contributed by atoms with Crippen LogP contribution in [0.3, 0.4) is 0 Å². The van der Waals surface area contributed by atoms with Crippen molar-refractivity contribution < 1.29 is 19.1 Å². The van der Waals surface area contributed by atoms with Crippen molar-refractivity contribution in [1.82, 2.24) is 0 Å². The number of hydrogen-bond acceptors (Lipinski definition) is 4. The van der Waals surface area contributed by atoms with E-state index in [2.05, 4.69) is 13.2 Å². The first-order valence-electron chi connectivity index (χ1n) is 13.2. The molecule has 0 spiro atoms. The lowest BCUT2D eigenvalue weighted by Gasteiger charge is -2.44. The van der Waals surface area contributed by atoms with Gasteiger partial charge in [-0.2, -0.15) is 0 Å². The highest BCUT2D eigenvalue weighted by Crippen LogP contribution is 2.50. The minimum absolute atomic E-state index is 0.165. The zero-order valence-electron chi connectivity index (χ0n) is 20.3. The number of hydrogen-bond donors (Lipinski definition) is 0. The van der Waals surface area contributed by atoms with E-state index in [-0.39, 0.29) is 31.1 Å². The number of carbonyl (C=O) groups excluding carboxylic acids is 2. The van der Waals surface area contributed by atoms with Gasteiger partial charge in [-0.05, 0) is 31.6 Å². The first-order valence-corrected chi connectivity index (χ1v) is 13.2. The Labute approximate surface area is 196 Å². The van der Waals surface area contributed by atoms with Crippen LogP contribution in [0, 0.1) is 17.3 Å². The third-order valence-corrected chi connectivity index (χ3v) is 7.63. The molecule has 2 fully saturated rings. The zero-order valence-corrected chi connectivity index (χ0v) is 20.3. The van der Waals surface area contributed by atoms with Crippen LogP contribution in [0.1, 0.15) is 109 Å². The molecule has 0 bridgehead atoms. The summed E-state index contributed by atoms with van der Waals surface area (Å²) in [6, 6.07) is 0. The molecule has 0 saturated heterocycles. The molecule has 0 N–H and O–H groups in total. The first kappa shape index (κ1) is 26.7. The van der Waals surface area contributed by atoms with Crippen LogP contribution in [0.2, 0.25) is 0 Å². The van der Waals surface area contributed by atoms with Crippen molar-refractivity contribution in [3.8, 4) is 0 Å². The predicted molar refractivity (Wildman–Crippen MR) is 130 cm³/mol. The molecular formula is C28H46O4. The van der Waals surface area contributed by atoms with Gasteiger partial charge in [0.2, 0.25) is 0 Å². The number of ether oxygens (including phenoxy) is 2. The van der Waals surface area contributed by atoms with Crippen molar-refractivity contribution >= 4 is 11.9 Å². The van der Waals surface area contributed by atoms with Crippen LogP contribution in [-0.4, -0.2) is 25.2 Å². The van der Waals surface area contributed by atoms with E-state index in [1.54, 1.807) is 12.2 Å². The molecule has 2 aliphatic rings. The largest absolute Gasteiger partial charge is 0.461 e. The Morgan fingerprint density at radius 1 is 0.688 bits per heavy atom. The molecule has 0 aromatic rings. The van der Waals surface area contributed by atoms with Crippen molar-refractivity contribution in [2.45, 2.75) is 109 Å². The van der Waals surface area contributed by atoms with E-state index < -0.39 is 11.3 Å². The minimum atomic E-state index is -0.794. The smallest absolute Gasteiger partial charge is 0.313 e. The molecule has 4 nitrogen and oxygen atoms in total. The Bertz CT molecular complexity index is 574.